The maximum absolute atomic E-state index is 12.0. The van der Waals surface area contributed by atoms with E-state index in [2.05, 4.69) is 26.2 Å². The number of amides is 1. The average Bonchev–Trinajstić information content (AvgIpc) is 2.40. The quantitative estimate of drug-likeness (QED) is 0.844. The number of nitrogen functional groups attached to an aromatic ring is 1. The van der Waals surface area contributed by atoms with Crippen LogP contribution in [0.1, 0.15) is 15.9 Å². The summed E-state index contributed by atoms with van der Waals surface area (Å²) in [5, 5.41) is 3.03. The lowest BCUT2D eigenvalue weighted by molar-refractivity contribution is 0.0951. The molecule has 0 fully saturated rings. The number of rotatable bonds is 3. The summed E-state index contributed by atoms with van der Waals surface area (Å²) in [6, 6.07) is 9.11. The molecule has 0 aliphatic rings. The number of nitrogens with one attached hydrogen (secondary N) is 1. The van der Waals surface area contributed by atoms with Crippen LogP contribution in [0, 0.1) is 0 Å². The second-order valence-electron chi connectivity index (χ2n) is 3.87. The lowest BCUT2D eigenvalue weighted by Crippen LogP contribution is -2.24. The first-order valence-corrected chi connectivity index (χ1v) is 6.67. The highest BCUT2D eigenvalue weighted by Gasteiger charge is 2.11. The molecule has 0 spiro atoms. The van der Waals surface area contributed by atoms with Crippen LogP contribution in [0.15, 0.2) is 41.0 Å². The zero-order chi connectivity index (χ0) is 13.8. The van der Waals surface area contributed by atoms with Crippen molar-refractivity contribution in [1.29, 1.82) is 0 Å². The van der Waals surface area contributed by atoms with Crippen molar-refractivity contribution in [3.63, 3.8) is 0 Å². The van der Waals surface area contributed by atoms with Crippen LogP contribution in [0.5, 0.6) is 0 Å². The van der Waals surface area contributed by atoms with E-state index in [1.807, 2.05) is 24.3 Å². The Morgan fingerprint density at radius 3 is 2.89 bits per heavy atom. The number of nitrogens with two attached hydrogens (primary N) is 1. The van der Waals surface area contributed by atoms with Crippen molar-refractivity contribution in [2.45, 2.75) is 6.54 Å². The van der Waals surface area contributed by atoms with Crippen LogP contribution in [0.25, 0.3) is 0 Å². The Bertz CT molecular complexity index is 619. The first-order valence-electron chi connectivity index (χ1n) is 5.50. The number of carbonyl (C=O) groups is 1. The summed E-state index contributed by atoms with van der Waals surface area (Å²) in [5.74, 6) is -0.280. The number of hydrogen-bond donors (Lipinski definition) is 2. The van der Waals surface area contributed by atoms with Crippen LogP contribution in [0.3, 0.4) is 0 Å². The lowest BCUT2D eigenvalue weighted by atomic mass is 10.2. The van der Waals surface area contributed by atoms with Crippen LogP contribution in [-0.2, 0) is 6.54 Å². The highest BCUT2D eigenvalue weighted by molar-refractivity contribution is 9.10. The molecular weight excluding hydrogens is 330 g/mol. The van der Waals surface area contributed by atoms with Gasteiger partial charge in [0.05, 0.1) is 17.4 Å². The van der Waals surface area contributed by atoms with Crippen molar-refractivity contribution in [2.75, 3.05) is 5.73 Å². The Balaban J connectivity index is 2.10. The third kappa shape index (κ3) is 3.45. The summed E-state index contributed by atoms with van der Waals surface area (Å²) >= 11 is 9.17. The number of hydrogen-bond acceptors (Lipinski definition) is 3. The van der Waals surface area contributed by atoms with Crippen molar-refractivity contribution < 1.29 is 4.79 Å². The van der Waals surface area contributed by atoms with Gasteiger partial charge in [0.15, 0.2) is 0 Å². The number of benzene rings is 1. The summed E-state index contributed by atoms with van der Waals surface area (Å²) in [4.78, 5) is 15.8. The van der Waals surface area contributed by atoms with Gasteiger partial charge < -0.3 is 11.1 Å². The Kier molecular flexibility index (Phi) is 4.39. The Morgan fingerprint density at radius 1 is 1.42 bits per heavy atom. The third-order valence-corrected chi connectivity index (χ3v) is 3.52. The smallest absolute Gasteiger partial charge is 0.253 e. The van der Waals surface area contributed by atoms with Crippen molar-refractivity contribution in [3.8, 4) is 0 Å². The fourth-order valence-corrected chi connectivity index (χ4v) is 2.13. The minimum Gasteiger partial charge on any atom is -0.397 e. The molecule has 4 nitrogen and oxygen atoms in total. The molecule has 0 bridgehead atoms. The molecule has 1 aromatic carbocycles. The highest BCUT2D eigenvalue weighted by atomic mass is 79.9. The Morgan fingerprint density at radius 2 is 2.16 bits per heavy atom. The third-order valence-electron chi connectivity index (χ3n) is 2.54. The van der Waals surface area contributed by atoms with Crippen molar-refractivity contribution >= 4 is 39.1 Å². The number of carbonyl (C=O) groups excluding carboxylic acids is 1. The molecule has 1 aromatic heterocycles. The maximum Gasteiger partial charge on any atom is 0.253 e. The molecule has 19 heavy (non-hydrogen) atoms. The number of aromatic nitrogens is 1. The molecule has 2 rings (SSSR count). The number of nitrogens with zero attached hydrogens (tertiary/aromatic N) is 1. The van der Waals surface area contributed by atoms with E-state index < -0.39 is 0 Å². The molecule has 0 saturated carbocycles. The summed E-state index contributed by atoms with van der Waals surface area (Å²) in [6.07, 6.45) is 1.37. The molecule has 0 atom stereocenters. The van der Waals surface area contributed by atoms with Crippen LogP contribution >= 0.6 is 27.5 Å². The van der Waals surface area contributed by atoms with Crippen molar-refractivity contribution in [1.82, 2.24) is 10.3 Å². The molecule has 0 saturated heterocycles. The van der Waals surface area contributed by atoms with Crippen LogP contribution in [0.4, 0.5) is 5.69 Å². The van der Waals surface area contributed by atoms with Crippen LogP contribution in [0.2, 0.25) is 5.15 Å². The van der Waals surface area contributed by atoms with E-state index in [1.165, 1.54) is 12.3 Å². The molecule has 6 heteroatoms. The monoisotopic (exact) mass is 339 g/mol. The molecule has 0 unspecified atom stereocenters. The summed E-state index contributed by atoms with van der Waals surface area (Å²) in [6.45, 7) is 0.402. The van der Waals surface area contributed by atoms with Crippen LogP contribution in [-0.4, -0.2) is 10.9 Å². The van der Waals surface area contributed by atoms with Gasteiger partial charge in [0.1, 0.15) is 5.15 Å². The first-order chi connectivity index (χ1) is 9.08. The molecule has 1 heterocycles. The summed E-state index contributed by atoms with van der Waals surface area (Å²) < 4.78 is 0.941. The second kappa shape index (κ2) is 6.04. The Labute approximate surface area is 124 Å². The van der Waals surface area contributed by atoms with Gasteiger partial charge in [0, 0.05) is 11.0 Å². The molecule has 0 radical (unpaired) electrons. The predicted molar refractivity (Wildman–Crippen MR) is 79.0 cm³/mol. The molecular formula is C13H11BrClN3O. The van der Waals surface area contributed by atoms with Gasteiger partial charge in [0.2, 0.25) is 0 Å². The number of anilines is 1. The van der Waals surface area contributed by atoms with E-state index in [-0.39, 0.29) is 11.1 Å². The van der Waals surface area contributed by atoms with E-state index in [1.54, 1.807) is 0 Å². The zero-order valence-electron chi connectivity index (χ0n) is 9.86. The van der Waals surface area contributed by atoms with E-state index in [0.29, 0.717) is 17.8 Å². The average molecular weight is 341 g/mol. The van der Waals surface area contributed by atoms with Gasteiger partial charge in [-0.25, -0.2) is 4.98 Å². The molecule has 3 N–H and O–H groups in total. The fraction of sp³-hybridized carbons (Fsp3) is 0.0769. The van der Waals surface area contributed by atoms with Gasteiger partial charge in [-0.05, 0) is 17.7 Å². The first kappa shape index (κ1) is 13.8. The zero-order valence-corrected chi connectivity index (χ0v) is 12.2. The normalized spacial score (nSPS) is 10.2. The van der Waals surface area contributed by atoms with Gasteiger partial charge in [-0.1, -0.05) is 45.7 Å². The van der Waals surface area contributed by atoms with Gasteiger partial charge >= 0.3 is 0 Å². The minimum absolute atomic E-state index is 0.236. The van der Waals surface area contributed by atoms with E-state index in [9.17, 15) is 4.79 Å². The molecule has 98 valence electrons. The SMILES string of the molecule is Nc1cnc(Cl)cc1C(=O)NCc1ccccc1Br. The maximum atomic E-state index is 12.0. The molecule has 0 aliphatic heterocycles. The summed E-state index contributed by atoms with van der Waals surface area (Å²) in [7, 11) is 0. The van der Waals surface area contributed by atoms with Gasteiger partial charge in [0.25, 0.3) is 5.91 Å². The van der Waals surface area contributed by atoms with Gasteiger partial charge in [-0.15, -0.1) is 0 Å². The predicted octanol–water partition coefficient (Wildman–Crippen LogP) is 3.01. The van der Waals surface area contributed by atoms with E-state index >= 15 is 0 Å². The minimum atomic E-state index is -0.280. The van der Waals surface area contributed by atoms with E-state index in [0.717, 1.165) is 10.0 Å². The van der Waals surface area contributed by atoms with Crippen LogP contribution < -0.4 is 11.1 Å². The highest BCUT2D eigenvalue weighted by Crippen LogP contribution is 2.17. The van der Waals surface area contributed by atoms with Gasteiger partial charge in [-0.2, -0.15) is 0 Å². The largest absolute Gasteiger partial charge is 0.397 e. The number of halogens is 2. The van der Waals surface area contributed by atoms with Gasteiger partial charge in [-0.3, -0.25) is 4.79 Å². The van der Waals surface area contributed by atoms with Crippen molar-refractivity contribution in [2.24, 2.45) is 0 Å². The fourth-order valence-electron chi connectivity index (χ4n) is 1.55. The standard InChI is InChI=1S/C13H11BrClN3O/c14-10-4-2-1-3-8(10)6-18-13(19)9-5-12(15)17-7-11(9)16/h1-5,7H,6,16H2,(H,18,19). The lowest BCUT2D eigenvalue weighted by Gasteiger charge is -2.08. The second-order valence-corrected chi connectivity index (χ2v) is 5.11. The summed E-state index contributed by atoms with van der Waals surface area (Å²) in [5.41, 5.74) is 7.31. The van der Waals surface area contributed by atoms with E-state index in [4.69, 9.17) is 17.3 Å². The Hall–Kier alpha value is -1.59. The topological polar surface area (TPSA) is 68.0 Å². The molecule has 2 aromatic rings. The molecule has 1 amide bonds. The number of pyridine rings is 1. The van der Waals surface area contributed by atoms with Crippen molar-refractivity contribution in [3.05, 3.63) is 57.3 Å². The molecule has 0 aliphatic carbocycles.